The van der Waals surface area contributed by atoms with E-state index in [1.54, 1.807) is 6.08 Å². The molecular formula is C13H16FNO2. The first-order chi connectivity index (χ1) is 8.19. The first-order valence-electron chi connectivity index (χ1n) is 6.17. The van der Waals surface area contributed by atoms with Gasteiger partial charge in [-0.05, 0) is 25.2 Å². The molecule has 0 aromatic heterocycles. The summed E-state index contributed by atoms with van der Waals surface area (Å²) in [7, 11) is 0. The molecule has 1 N–H and O–H groups in total. The van der Waals surface area contributed by atoms with Crippen molar-refractivity contribution in [2.75, 3.05) is 13.1 Å². The molecule has 0 aromatic carbocycles. The summed E-state index contributed by atoms with van der Waals surface area (Å²) in [6.45, 7) is 1.76. The minimum absolute atomic E-state index is 0.0696. The van der Waals surface area contributed by atoms with Gasteiger partial charge in [0.05, 0.1) is 6.42 Å². The highest BCUT2D eigenvalue weighted by Gasteiger charge is 2.42. The smallest absolute Gasteiger partial charge is 0.166 e. The monoisotopic (exact) mass is 237 g/mol. The van der Waals surface area contributed by atoms with Crippen LogP contribution in [0.4, 0.5) is 4.39 Å². The maximum absolute atomic E-state index is 13.2. The summed E-state index contributed by atoms with van der Waals surface area (Å²) in [5.74, 6) is 0.678. The van der Waals surface area contributed by atoms with Crippen molar-refractivity contribution >= 4 is 5.78 Å². The molecule has 4 heteroatoms. The van der Waals surface area contributed by atoms with E-state index >= 15 is 0 Å². The highest BCUT2D eigenvalue weighted by Crippen LogP contribution is 2.39. The normalized spacial score (nSPS) is 31.4. The van der Waals surface area contributed by atoms with Crippen molar-refractivity contribution < 1.29 is 13.9 Å². The zero-order chi connectivity index (χ0) is 11.9. The second kappa shape index (κ2) is 3.95. The third-order valence-corrected chi connectivity index (χ3v) is 3.81. The molecule has 0 radical (unpaired) electrons. The average molecular weight is 237 g/mol. The van der Waals surface area contributed by atoms with Crippen LogP contribution in [0.2, 0.25) is 0 Å². The number of hydrogen-bond acceptors (Lipinski definition) is 3. The van der Waals surface area contributed by atoms with E-state index in [0.717, 1.165) is 25.9 Å². The summed E-state index contributed by atoms with van der Waals surface area (Å²) in [6.07, 6.45) is 4.36. The first-order valence-corrected chi connectivity index (χ1v) is 6.17. The van der Waals surface area contributed by atoms with Crippen LogP contribution >= 0.6 is 0 Å². The molecule has 1 atom stereocenters. The number of carbonyl (C=O) groups is 1. The molecule has 3 nitrogen and oxygen atoms in total. The van der Waals surface area contributed by atoms with Crippen LogP contribution in [0.25, 0.3) is 0 Å². The number of alkyl halides is 1. The molecule has 1 fully saturated rings. The van der Waals surface area contributed by atoms with E-state index in [9.17, 15) is 9.18 Å². The second-order valence-corrected chi connectivity index (χ2v) is 5.06. The third kappa shape index (κ3) is 1.90. The fraction of sp³-hybridized carbons (Fsp3) is 0.615. The number of allylic oxidation sites excluding steroid dienone is 3. The fourth-order valence-electron chi connectivity index (χ4n) is 2.83. The molecule has 2 heterocycles. The Bertz CT molecular complexity index is 408. The molecule has 0 bridgehead atoms. The Hall–Kier alpha value is -1.16. The molecular weight excluding hydrogens is 221 g/mol. The lowest BCUT2D eigenvalue weighted by atomic mass is 9.81. The topological polar surface area (TPSA) is 38.3 Å². The Labute approximate surface area is 99.7 Å². The Morgan fingerprint density at radius 1 is 1.41 bits per heavy atom. The van der Waals surface area contributed by atoms with Gasteiger partial charge in [-0.3, -0.25) is 4.79 Å². The molecule has 3 rings (SSSR count). The highest BCUT2D eigenvalue weighted by atomic mass is 19.1. The van der Waals surface area contributed by atoms with Crippen molar-refractivity contribution in [3.05, 3.63) is 23.5 Å². The third-order valence-electron chi connectivity index (χ3n) is 3.81. The molecule has 0 amide bonds. The van der Waals surface area contributed by atoms with E-state index in [-0.39, 0.29) is 17.8 Å². The highest BCUT2D eigenvalue weighted by molar-refractivity contribution is 5.98. The van der Waals surface area contributed by atoms with Crippen LogP contribution < -0.4 is 5.32 Å². The maximum atomic E-state index is 13.2. The number of hydrogen-bond donors (Lipinski definition) is 1. The Kier molecular flexibility index (Phi) is 2.54. The van der Waals surface area contributed by atoms with Crippen molar-refractivity contribution in [1.29, 1.82) is 0 Å². The van der Waals surface area contributed by atoms with Crippen LogP contribution in [-0.2, 0) is 9.53 Å². The number of ether oxygens (including phenoxy) is 1. The molecule has 1 unspecified atom stereocenters. The van der Waals surface area contributed by atoms with Gasteiger partial charge in [-0.1, -0.05) is 0 Å². The molecule has 17 heavy (non-hydrogen) atoms. The van der Waals surface area contributed by atoms with Crippen LogP contribution in [-0.4, -0.2) is 30.6 Å². The van der Waals surface area contributed by atoms with Crippen LogP contribution in [0.5, 0.6) is 0 Å². The Morgan fingerprint density at radius 3 is 2.94 bits per heavy atom. The molecule has 1 spiro atoms. The number of ketones is 1. The molecule has 92 valence electrons. The number of nitrogens with one attached hydrogen (secondary N) is 1. The van der Waals surface area contributed by atoms with Gasteiger partial charge in [-0.25, -0.2) is 4.39 Å². The van der Waals surface area contributed by atoms with Gasteiger partial charge in [-0.2, -0.15) is 0 Å². The van der Waals surface area contributed by atoms with Gasteiger partial charge in [0.15, 0.2) is 5.78 Å². The molecule has 0 aromatic rings. The molecule has 1 aliphatic carbocycles. The SMILES string of the molecule is O=C1CC2(CCNCC2)OC2=C1CC(F)C=C2. The van der Waals surface area contributed by atoms with E-state index in [1.807, 2.05) is 0 Å². The predicted molar refractivity (Wildman–Crippen MR) is 61.2 cm³/mol. The molecule has 0 saturated carbocycles. The van der Waals surface area contributed by atoms with E-state index in [2.05, 4.69) is 5.32 Å². The van der Waals surface area contributed by atoms with E-state index in [0.29, 0.717) is 17.8 Å². The number of Topliss-reactive ketones (excluding diaryl/α,β-unsaturated/α-hetero) is 1. The Balaban J connectivity index is 1.88. The summed E-state index contributed by atoms with van der Waals surface area (Å²) >= 11 is 0. The van der Waals surface area contributed by atoms with Gasteiger partial charge in [0.1, 0.15) is 17.5 Å². The van der Waals surface area contributed by atoms with E-state index in [1.165, 1.54) is 6.08 Å². The summed E-state index contributed by atoms with van der Waals surface area (Å²) in [5, 5.41) is 3.26. The minimum Gasteiger partial charge on any atom is -0.486 e. The fourth-order valence-corrected chi connectivity index (χ4v) is 2.83. The van der Waals surface area contributed by atoms with Crippen LogP contribution in [0.3, 0.4) is 0 Å². The first kappa shape index (κ1) is 11.0. The lowest BCUT2D eigenvalue weighted by Gasteiger charge is -2.42. The van der Waals surface area contributed by atoms with E-state index < -0.39 is 6.17 Å². The van der Waals surface area contributed by atoms with E-state index in [4.69, 9.17) is 4.74 Å². The van der Waals surface area contributed by atoms with Crippen LogP contribution in [0.1, 0.15) is 25.7 Å². The van der Waals surface area contributed by atoms with Gasteiger partial charge in [-0.15, -0.1) is 0 Å². The zero-order valence-electron chi connectivity index (χ0n) is 9.67. The summed E-state index contributed by atoms with van der Waals surface area (Å²) < 4.78 is 19.2. The summed E-state index contributed by atoms with van der Waals surface area (Å²) in [4.78, 5) is 12.1. The standard InChI is InChI=1S/C13H16FNO2/c14-9-1-2-12-10(7-9)11(16)8-13(17-12)3-5-15-6-4-13/h1-2,9,15H,3-8H2. The van der Waals surface area contributed by atoms with Gasteiger partial charge >= 0.3 is 0 Å². The van der Waals surface area contributed by atoms with Crippen molar-refractivity contribution in [2.45, 2.75) is 37.5 Å². The zero-order valence-corrected chi connectivity index (χ0v) is 9.67. The predicted octanol–water partition coefficient (Wildman–Crippen LogP) is 1.65. The average Bonchev–Trinajstić information content (AvgIpc) is 2.31. The van der Waals surface area contributed by atoms with Gasteiger partial charge in [0.25, 0.3) is 0 Å². The maximum Gasteiger partial charge on any atom is 0.166 e. The largest absolute Gasteiger partial charge is 0.486 e. The lowest BCUT2D eigenvalue weighted by molar-refractivity contribution is -0.127. The van der Waals surface area contributed by atoms with Crippen molar-refractivity contribution in [1.82, 2.24) is 5.32 Å². The van der Waals surface area contributed by atoms with Crippen LogP contribution in [0, 0.1) is 0 Å². The van der Waals surface area contributed by atoms with Gasteiger partial charge in [0, 0.05) is 24.8 Å². The summed E-state index contributed by atoms with van der Waals surface area (Å²) in [5.41, 5.74) is 0.207. The number of carbonyl (C=O) groups excluding carboxylic acids is 1. The number of piperidine rings is 1. The van der Waals surface area contributed by atoms with Crippen molar-refractivity contribution in [3.63, 3.8) is 0 Å². The molecule has 2 aliphatic heterocycles. The van der Waals surface area contributed by atoms with Gasteiger partial charge < -0.3 is 10.1 Å². The van der Waals surface area contributed by atoms with Gasteiger partial charge in [0.2, 0.25) is 0 Å². The quantitative estimate of drug-likeness (QED) is 0.696. The number of rotatable bonds is 0. The summed E-state index contributed by atoms with van der Waals surface area (Å²) in [6, 6.07) is 0. The number of halogens is 1. The van der Waals surface area contributed by atoms with Crippen LogP contribution in [0.15, 0.2) is 23.5 Å². The minimum atomic E-state index is -1.04. The molecule has 3 aliphatic rings. The Morgan fingerprint density at radius 2 is 2.18 bits per heavy atom. The lowest BCUT2D eigenvalue weighted by Crippen LogP contribution is -2.48. The second-order valence-electron chi connectivity index (χ2n) is 5.06. The molecule has 1 saturated heterocycles. The van der Waals surface area contributed by atoms with Crippen molar-refractivity contribution in [2.24, 2.45) is 0 Å². The van der Waals surface area contributed by atoms with Crippen molar-refractivity contribution in [3.8, 4) is 0 Å².